The molecule has 0 aliphatic carbocycles. The summed E-state index contributed by atoms with van der Waals surface area (Å²) < 4.78 is 11.1. The van der Waals surface area contributed by atoms with Crippen molar-refractivity contribution in [3.8, 4) is 11.5 Å². The zero-order chi connectivity index (χ0) is 13.0. The summed E-state index contributed by atoms with van der Waals surface area (Å²) in [5.74, 6) is 2.26. The monoisotopic (exact) mass is 268 g/mol. The number of carbonyl (C=O) groups is 1. The molecule has 1 N–H and O–H groups in total. The van der Waals surface area contributed by atoms with Gasteiger partial charge in [-0.3, -0.25) is 0 Å². The Morgan fingerprint density at radius 1 is 1.44 bits per heavy atom. The maximum atomic E-state index is 10.9. The van der Waals surface area contributed by atoms with Crippen LogP contribution in [0.5, 0.6) is 11.5 Å². The number of benzene rings is 1. The fourth-order valence-corrected chi connectivity index (χ4v) is 2.92. The highest BCUT2D eigenvalue weighted by molar-refractivity contribution is 7.99. The fraction of sp³-hybridized carbons (Fsp3) is 0.462. The number of hydrogen-bond donors (Lipinski definition) is 1. The molecule has 1 aromatic carbocycles. The molecule has 18 heavy (non-hydrogen) atoms. The van der Waals surface area contributed by atoms with Crippen molar-refractivity contribution in [3.05, 3.63) is 23.8 Å². The first-order valence-electron chi connectivity index (χ1n) is 5.86. The van der Waals surface area contributed by atoms with Gasteiger partial charge in [-0.05, 0) is 36.8 Å². The molecule has 0 spiro atoms. The Bertz CT molecular complexity index is 427. The van der Waals surface area contributed by atoms with Crippen molar-refractivity contribution in [3.63, 3.8) is 0 Å². The van der Waals surface area contributed by atoms with Crippen LogP contribution in [0.1, 0.15) is 23.2 Å². The predicted molar refractivity (Wildman–Crippen MR) is 70.9 cm³/mol. The van der Waals surface area contributed by atoms with Crippen LogP contribution < -0.4 is 9.47 Å². The highest BCUT2D eigenvalue weighted by Crippen LogP contribution is 2.31. The average molecular weight is 268 g/mol. The van der Waals surface area contributed by atoms with E-state index in [1.165, 1.54) is 17.9 Å². The van der Waals surface area contributed by atoms with E-state index in [0.29, 0.717) is 11.5 Å². The highest BCUT2D eigenvalue weighted by atomic mass is 32.2. The molecule has 1 atom stereocenters. The molecular formula is C13H16O4S. The van der Waals surface area contributed by atoms with Gasteiger partial charge in [0.2, 0.25) is 0 Å². The molecule has 0 amide bonds. The number of thioether (sulfide) groups is 1. The van der Waals surface area contributed by atoms with E-state index in [4.69, 9.17) is 14.6 Å². The third-order valence-electron chi connectivity index (χ3n) is 2.82. The van der Waals surface area contributed by atoms with Gasteiger partial charge in [-0.15, -0.1) is 0 Å². The van der Waals surface area contributed by atoms with E-state index in [0.717, 1.165) is 18.6 Å². The molecule has 1 aliphatic heterocycles. The van der Waals surface area contributed by atoms with Gasteiger partial charge in [-0.2, -0.15) is 11.8 Å². The molecule has 4 nitrogen and oxygen atoms in total. The lowest BCUT2D eigenvalue weighted by molar-refractivity contribution is 0.0696. The Hall–Kier alpha value is -1.36. The maximum Gasteiger partial charge on any atom is 0.335 e. The zero-order valence-electron chi connectivity index (χ0n) is 10.2. The van der Waals surface area contributed by atoms with E-state index in [-0.39, 0.29) is 11.7 Å². The van der Waals surface area contributed by atoms with Crippen LogP contribution in [-0.4, -0.2) is 35.8 Å². The first-order valence-corrected chi connectivity index (χ1v) is 7.02. The molecule has 0 saturated carbocycles. The van der Waals surface area contributed by atoms with Gasteiger partial charge in [0, 0.05) is 5.75 Å². The van der Waals surface area contributed by atoms with E-state index in [1.54, 1.807) is 13.2 Å². The lowest BCUT2D eigenvalue weighted by atomic mass is 10.2. The molecule has 2 rings (SSSR count). The van der Waals surface area contributed by atoms with Gasteiger partial charge >= 0.3 is 5.97 Å². The lowest BCUT2D eigenvalue weighted by Gasteiger charge is -2.23. The van der Waals surface area contributed by atoms with E-state index in [9.17, 15) is 4.79 Å². The summed E-state index contributed by atoms with van der Waals surface area (Å²) in [6.07, 6.45) is 2.28. The van der Waals surface area contributed by atoms with E-state index in [2.05, 4.69) is 0 Å². The number of methoxy groups -OCH3 is 1. The maximum absolute atomic E-state index is 10.9. The molecule has 0 bridgehead atoms. The second-order valence-corrected chi connectivity index (χ2v) is 5.28. The van der Waals surface area contributed by atoms with Gasteiger partial charge in [-0.1, -0.05) is 0 Å². The summed E-state index contributed by atoms with van der Waals surface area (Å²) in [6.45, 7) is 0. The van der Waals surface area contributed by atoms with Gasteiger partial charge in [0.15, 0.2) is 11.5 Å². The largest absolute Gasteiger partial charge is 0.493 e. The van der Waals surface area contributed by atoms with Crippen molar-refractivity contribution in [1.29, 1.82) is 0 Å². The van der Waals surface area contributed by atoms with Gasteiger partial charge < -0.3 is 14.6 Å². The Balaban J connectivity index is 2.17. The minimum Gasteiger partial charge on any atom is -0.493 e. The Kier molecular flexibility index (Phi) is 4.36. The van der Waals surface area contributed by atoms with Crippen molar-refractivity contribution in [2.45, 2.75) is 18.9 Å². The van der Waals surface area contributed by atoms with E-state index < -0.39 is 5.97 Å². The predicted octanol–water partition coefficient (Wildman–Crippen LogP) is 2.67. The number of rotatable bonds is 4. The summed E-state index contributed by atoms with van der Waals surface area (Å²) >= 11 is 1.86. The van der Waals surface area contributed by atoms with Crippen LogP contribution >= 0.6 is 11.8 Å². The number of hydrogen-bond acceptors (Lipinski definition) is 4. The van der Waals surface area contributed by atoms with Crippen LogP contribution in [0.15, 0.2) is 18.2 Å². The molecule has 0 aromatic heterocycles. The van der Waals surface area contributed by atoms with Crippen LogP contribution in [-0.2, 0) is 0 Å². The van der Waals surface area contributed by atoms with Gasteiger partial charge in [0.1, 0.15) is 6.10 Å². The standard InChI is InChI=1S/C13H16O4S/c1-16-11-5-4-9(13(14)15)7-12(11)17-10-3-2-6-18-8-10/h4-5,7,10H,2-3,6,8H2,1H3,(H,14,15). The van der Waals surface area contributed by atoms with Gasteiger partial charge in [0.25, 0.3) is 0 Å². The average Bonchev–Trinajstić information content (AvgIpc) is 2.39. The van der Waals surface area contributed by atoms with Crippen LogP contribution in [0.4, 0.5) is 0 Å². The minimum absolute atomic E-state index is 0.140. The SMILES string of the molecule is COc1ccc(C(=O)O)cc1OC1CCCSC1. The fourth-order valence-electron chi connectivity index (χ4n) is 1.89. The molecule has 1 unspecified atom stereocenters. The van der Waals surface area contributed by atoms with Crippen molar-refractivity contribution in [2.24, 2.45) is 0 Å². The summed E-state index contributed by atoms with van der Waals surface area (Å²) in [5.41, 5.74) is 0.217. The molecule has 5 heteroatoms. The smallest absolute Gasteiger partial charge is 0.335 e. The molecule has 98 valence electrons. The van der Waals surface area contributed by atoms with Crippen molar-refractivity contribution in [1.82, 2.24) is 0 Å². The van der Waals surface area contributed by atoms with Crippen LogP contribution in [0.3, 0.4) is 0 Å². The molecule has 1 saturated heterocycles. The molecule has 0 radical (unpaired) electrons. The van der Waals surface area contributed by atoms with E-state index >= 15 is 0 Å². The third-order valence-corrected chi connectivity index (χ3v) is 4.01. The molecule has 1 aromatic rings. The number of carboxylic acid groups (broad SMARTS) is 1. The molecule has 1 heterocycles. The van der Waals surface area contributed by atoms with Crippen LogP contribution in [0.25, 0.3) is 0 Å². The zero-order valence-corrected chi connectivity index (χ0v) is 11.0. The Labute approximate surface area is 110 Å². The topological polar surface area (TPSA) is 55.8 Å². The van der Waals surface area contributed by atoms with Crippen LogP contribution in [0, 0.1) is 0 Å². The molecular weight excluding hydrogens is 252 g/mol. The van der Waals surface area contributed by atoms with Crippen LogP contribution in [0.2, 0.25) is 0 Å². The summed E-state index contributed by atoms with van der Waals surface area (Å²) in [5, 5.41) is 8.98. The Morgan fingerprint density at radius 2 is 2.28 bits per heavy atom. The number of carboxylic acids is 1. The highest BCUT2D eigenvalue weighted by Gasteiger charge is 2.18. The quantitative estimate of drug-likeness (QED) is 0.909. The minimum atomic E-state index is -0.958. The van der Waals surface area contributed by atoms with Crippen molar-refractivity contribution in [2.75, 3.05) is 18.6 Å². The van der Waals surface area contributed by atoms with Gasteiger partial charge in [-0.25, -0.2) is 4.79 Å². The summed E-state index contributed by atoms with van der Waals surface area (Å²) in [7, 11) is 1.55. The third kappa shape index (κ3) is 3.10. The first kappa shape index (κ1) is 13.1. The summed E-state index contributed by atoms with van der Waals surface area (Å²) in [6, 6.07) is 4.68. The normalized spacial score (nSPS) is 19.3. The Morgan fingerprint density at radius 3 is 2.89 bits per heavy atom. The second kappa shape index (κ2) is 6.00. The van der Waals surface area contributed by atoms with Gasteiger partial charge in [0.05, 0.1) is 12.7 Å². The number of aromatic carboxylic acids is 1. The van der Waals surface area contributed by atoms with E-state index in [1.807, 2.05) is 11.8 Å². The second-order valence-electron chi connectivity index (χ2n) is 4.13. The number of ether oxygens (including phenoxy) is 2. The molecule has 1 fully saturated rings. The lowest BCUT2D eigenvalue weighted by Crippen LogP contribution is -2.23. The summed E-state index contributed by atoms with van der Waals surface area (Å²) in [4.78, 5) is 10.9. The molecule has 1 aliphatic rings. The van der Waals surface area contributed by atoms with Crippen molar-refractivity contribution < 1.29 is 19.4 Å². The first-order chi connectivity index (χ1) is 8.70. The van der Waals surface area contributed by atoms with Crippen molar-refractivity contribution >= 4 is 17.7 Å².